The lowest BCUT2D eigenvalue weighted by molar-refractivity contribution is 0.597. The molecular weight excluding hydrogens is 288 g/mol. The van der Waals surface area contributed by atoms with Crippen LogP contribution >= 0.6 is 15.9 Å². The summed E-state index contributed by atoms with van der Waals surface area (Å²) in [6.45, 7) is 2.21. The zero-order valence-corrected chi connectivity index (χ0v) is 12.5. The molecule has 0 fully saturated rings. The van der Waals surface area contributed by atoms with E-state index in [0.717, 1.165) is 23.0 Å². The summed E-state index contributed by atoms with van der Waals surface area (Å²) in [5, 5.41) is 12.4. The molecule has 3 heteroatoms. The number of rotatable bonds is 8. The quantitative estimate of drug-likeness (QED) is 0.677. The minimum absolute atomic E-state index is 0.0923. The Labute approximate surface area is 119 Å². The van der Waals surface area contributed by atoms with Crippen LogP contribution in [0.25, 0.3) is 0 Å². The lowest BCUT2D eigenvalue weighted by Crippen LogP contribution is -2.17. The van der Waals surface area contributed by atoms with E-state index in [4.69, 9.17) is 5.26 Å². The van der Waals surface area contributed by atoms with Gasteiger partial charge in [-0.1, -0.05) is 51.2 Å². The molecule has 0 heterocycles. The predicted molar refractivity (Wildman–Crippen MR) is 80.5 cm³/mol. The van der Waals surface area contributed by atoms with Gasteiger partial charge in [0.05, 0.1) is 6.07 Å². The number of hydrogen-bond donors (Lipinski definition) is 1. The van der Waals surface area contributed by atoms with Gasteiger partial charge in [-0.2, -0.15) is 5.26 Å². The van der Waals surface area contributed by atoms with Crippen LogP contribution in [-0.2, 0) is 0 Å². The Morgan fingerprint density at radius 1 is 1.22 bits per heavy atom. The molecular formula is C15H21BrN2. The SMILES string of the molecule is CCCCCCCC(C#N)Nc1ccccc1Br. The molecule has 0 radical (unpaired) electrons. The molecule has 98 valence electrons. The molecule has 0 amide bonds. The maximum atomic E-state index is 9.15. The van der Waals surface area contributed by atoms with Crippen molar-refractivity contribution in [1.82, 2.24) is 0 Å². The molecule has 1 aromatic rings. The Bertz CT molecular complexity index is 384. The van der Waals surface area contributed by atoms with Gasteiger partial charge in [-0.05, 0) is 34.5 Å². The number of halogens is 1. The van der Waals surface area contributed by atoms with Crippen molar-refractivity contribution >= 4 is 21.6 Å². The minimum atomic E-state index is -0.0923. The number of nitrogens with zero attached hydrogens (tertiary/aromatic N) is 1. The molecule has 0 aromatic heterocycles. The van der Waals surface area contributed by atoms with E-state index in [1.807, 2.05) is 24.3 Å². The lowest BCUT2D eigenvalue weighted by Gasteiger charge is -2.14. The highest BCUT2D eigenvalue weighted by Gasteiger charge is 2.08. The molecule has 0 bridgehead atoms. The van der Waals surface area contributed by atoms with Crippen molar-refractivity contribution in [1.29, 1.82) is 5.26 Å². The van der Waals surface area contributed by atoms with Gasteiger partial charge in [-0.25, -0.2) is 0 Å². The van der Waals surface area contributed by atoms with Crippen LogP contribution < -0.4 is 5.32 Å². The Kier molecular flexibility index (Phi) is 7.52. The monoisotopic (exact) mass is 308 g/mol. The average molecular weight is 309 g/mol. The molecule has 1 atom stereocenters. The van der Waals surface area contributed by atoms with E-state index in [2.05, 4.69) is 34.2 Å². The number of nitriles is 1. The fraction of sp³-hybridized carbons (Fsp3) is 0.533. The van der Waals surface area contributed by atoms with Crippen LogP contribution in [0.4, 0.5) is 5.69 Å². The van der Waals surface area contributed by atoms with Crippen molar-refractivity contribution in [2.24, 2.45) is 0 Å². The van der Waals surface area contributed by atoms with Crippen LogP contribution in [0.3, 0.4) is 0 Å². The molecule has 1 N–H and O–H groups in total. The molecule has 1 unspecified atom stereocenters. The van der Waals surface area contributed by atoms with Crippen molar-refractivity contribution in [2.45, 2.75) is 51.5 Å². The topological polar surface area (TPSA) is 35.8 Å². The summed E-state index contributed by atoms with van der Waals surface area (Å²) in [6, 6.07) is 10.2. The van der Waals surface area contributed by atoms with E-state index >= 15 is 0 Å². The smallest absolute Gasteiger partial charge is 0.114 e. The van der Waals surface area contributed by atoms with E-state index in [-0.39, 0.29) is 6.04 Å². The highest BCUT2D eigenvalue weighted by atomic mass is 79.9. The van der Waals surface area contributed by atoms with Gasteiger partial charge < -0.3 is 5.32 Å². The van der Waals surface area contributed by atoms with Gasteiger partial charge >= 0.3 is 0 Å². The van der Waals surface area contributed by atoms with Gasteiger partial charge in [0, 0.05) is 10.2 Å². The third-order valence-electron chi connectivity index (χ3n) is 2.96. The molecule has 0 aliphatic rings. The largest absolute Gasteiger partial charge is 0.369 e. The maximum absolute atomic E-state index is 9.15. The van der Waals surface area contributed by atoms with Gasteiger partial charge in [0.25, 0.3) is 0 Å². The van der Waals surface area contributed by atoms with Gasteiger partial charge in [0.15, 0.2) is 0 Å². The molecule has 0 saturated heterocycles. The van der Waals surface area contributed by atoms with E-state index < -0.39 is 0 Å². The van der Waals surface area contributed by atoms with Crippen LogP contribution in [-0.4, -0.2) is 6.04 Å². The van der Waals surface area contributed by atoms with Crippen molar-refractivity contribution in [2.75, 3.05) is 5.32 Å². The van der Waals surface area contributed by atoms with Gasteiger partial charge in [-0.15, -0.1) is 0 Å². The second-order valence-corrected chi connectivity index (χ2v) is 5.36. The molecule has 18 heavy (non-hydrogen) atoms. The van der Waals surface area contributed by atoms with Gasteiger partial charge in [-0.3, -0.25) is 0 Å². The third kappa shape index (κ3) is 5.55. The Hall–Kier alpha value is -1.01. The number of anilines is 1. The number of hydrogen-bond acceptors (Lipinski definition) is 2. The van der Waals surface area contributed by atoms with Crippen molar-refractivity contribution in [3.63, 3.8) is 0 Å². The number of unbranched alkanes of at least 4 members (excludes halogenated alkanes) is 4. The second kappa shape index (κ2) is 8.99. The van der Waals surface area contributed by atoms with E-state index in [0.29, 0.717) is 0 Å². The fourth-order valence-corrected chi connectivity index (χ4v) is 2.29. The molecule has 0 spiro atoms. The minimum Gasteiger partial charge on any atom is -0.369 e. The van der Waals surface area contributed by atoms with E-state index in [9.17, 15) is 0 Å². The zero-order valence-electron chi connectivity index (χ0n) is 11.0. The summed E-state index contributed by atoms with van der Waals surface area (Å²) in [4.78, 5) is 0. The van der Waals surface area contributed by atoms with Gasteiger partial charge in [0.1, 0.15) is 6.04 Å². The summed E-state index contributed by atoms with van der Waals surface area (Å²) in [5.41, 5.74) is 0.998. The Balaban J connectivity index is 2.34. The first-order valence-corrected chi connectivity index (χ1v) is 7.48. The summed E-state index contributed by atoms with van der Waals surface area (Å²) < 4.78 is 1.01. The molecule has 0 saturated carbocycles. The van der Waals surface area contributed by atoms with E-state index in [1.54, 1.807) is 0 Å². The number of benzene rings is 1. The number of nitrogens with one attached hydrogen (secondary N) is 1. The second-order valence-electron chi connectivity index (χ2n) is 4.51. The first-order chi connectivity index (χ1) is 8.77. The van der Waals surface area contributed by atoms with Crippen LogP contribution in [0.2, 0.25) is 0 Å². The van der Waals surface area contributed by atoms with Crippen LogP contribution in [0.5, 0.6) is 0 Å². The van der Waals surface area contributed by atoms with Crippen LogP contribution in [0.1, 0.15) is 45.4 Å². The molecule has 1 rings (SSSR count). The normalized spacial score (nSPS) is 11.8. The standard InChI is InChI=1S/C15H21BrN2/c1-2-3-4-5-6-9-13(12-17)18-15-11-8-7-10-14(15)16/h7-8,10-11,13,18H,2-6,9H2,1H3. The van der Waals surface area contributed by atoms with Crippen molar-refractivity contribution in [3.05, 3.63) is 28.7 Å². The number of para-hydroxylation sites is 1. The average Bonchev–Trinajstić information content (AvgIpc) is 2.39. The first kappa shape index (κ1) is 15.0. The highest BCUT2D eigenvalue weighted by Crippen LogP contribution is 2.22. The summed E-state index contributed by atoms with van der Waals surface area (Å²) in [7, 11) is 0. The van der Waals surface area contributed by atoms with Gasteiger partial charge in [0.2, 0.25) is 0 Å². The molecule has 0 aliphatic heterocycles. The lowest BCUT2D eigenvalue weighted by atomic mass is 10.1. The zero-order chi connectivity index (χ0) is 13.2. The van der Waals surface area contributed by atoms with Crippen molar-refractivity contribution in [3.8, 4) is 6.07 Å². The van der Waals surface area contributed by atoms with E-state index in [1.165, 1.54) is 25.7 Å². The van der Waals surface area contributed by atoms with Crippen LogP contribution in [0.15, 0.2) is 28.7 Å². The summed E-state index contributed by atoms with van der Waals surface area (Å²) in [5.74, 6) is 0. The maximum Gasteiger partial charge on any atom is 0.114 e. The Morgan fingerprint density at radius 3 is 2.61 bits per heavy atom. The molecule has 1 aromatic carbocycles. The molecule has 0 aliphatic carbocycles. The third-order valence-corrected chi connectivity index (χ3v) is 3.65. The van der Waals surface area contributed by atoms with Crippen molar-refractivity contribution < 1.29 is 0 Å². The summed E-state index contributed by atoms with van der Waals surface area (Å²) in [6.07, 6.45) is 7.11. The predicted octanol–water partition coefficient (Wildman–Crippen LogP) is 5.11. The Morgan fingerprint density at radius 2 is 1.94 bits per heavy atom. The van der Waals surface area contributed by atoms with Crippen LogP contribution in [0, 0.1) is 11.3 Å². The summed E-state index contributed by atoms with van der Waals surface area (Å²) >= 11 is 3.48. The fourth-order valence-electron chi connectivity index (χ4n) is 1.89. The highest BCUT2D eigenvalue weighted by molar-refractivity contribution is 9.10. The first-order valence-electron chi connectivity index (χ1n) is 6.68. The molecule has 2 nitrogen and oxygen atoms in total.